The molecule has 0 heterocycles. The molecule has 1 nitrogen and oxygen atoms in total. The van der Waals surface area contributed by atoms with E-state index >= 15 is 0 Å². The van der Waals surface area contributed by atoms with Crippen molar-refractivity contribution in [1.82, 2.24) is 0 Å². The number of hydrogen-bond donors (Lipinski definition) is 0. The van der Waals surface area contributed by atoms with Crippen molar-refractivity contribution < 1.29 is 17.9 Å². The molecule has 5 heteroatoms. The zero-order chi connectivity index (χ0) is 11.5. The largest absolute Gasteiger partial charge is 0.493 e. The Balaban J connectivity index is 3.16. The summed E-state index contributed by atoms with van der Waals surface area (Å²) in [5.74, 6) is -0.103. The second-order valence-electron chi connectivity index (χ2n) is 2.89. The van der Waals surface area contributed by atoms with Gasteiger partial charge in [-0.1, -0.05) is 6.07 Å². The van der Waals surface area contributed by atoms with Gasteiger partial charge in [0.2, 0.25) is 0 Å². The second-order valence-corrected chi connectivity index (χ2v) is 3.16. The molecule has 0 aliphatic rings. The molecule has 15 heavy (non-hydrogen) atoms. The lowest BCUT2D eigenvalue weighted by Gasteiger charge is -2.13. The van der Waals surface area contributed by atoms with Crippen LogP contribution in [0.3, 0.4) is 0 Å². The summed E-state index contributed by atoms with van der Waals surface area (Å²) >= 11 is 5.47. The Morgan fingerprint density at radius 1 is 1.33 bits per heavy atom. The molecule has 0 amide bonds. The quantitative estimate of drug-likeness (QED) is 0.727. The van der Waals surface area contributed by atoms with Crippen molar-refractivity contribution in [3.63, 3.8) is 0 Å². The van der Waals surface area contributed by atoms with Crippen LogP contribution in [0, 0.1) is 0 Å². The second kappa shape index (κ2) is 4.75. The maximum Gasteiger partial charge on any atom is 0.419 e. The molecule has 1 aromatic carbocycles. The van der Waals surface area contributed by atoms with Crippen LogP contribution in [0.2, 0.25) is 0 Å². The zero-order valence-electron chi connectivity index (χ0n) is 8.07. The van der Waals surface area contributed by atoms with Gasteiger partial charge in [0, 0.05) is 5.88 Å². The average molecular weight is 239 g/mol. The van der Waals surface area contributed by atoms with Gasteiger partial charge >= 0.3 is 6.18 Å². The van der Waals surface area contributed by atoms with Gasteiger partial charge in [-0.25, -0.2) is 0 Å². The number of ether oxygens (including phenoxy) is 1. The van der Waals surface area contributed by atoms with Crippen molar-refractivity contribution in [1.29, 1.82) is 0 Å². The maximum atomic E-state index is 12.6. The molecule has 0 atom stereocenters. The molecule has 0 aliphatic heterocycles. The number of alkyl halides is 4. The molecule has 0 spiro atoms. The van der Waals surface area contributed by atoms with E-state index in [9.17, 15) is 13.2 Å². The number of hydrogen-bond acceptors (Lipinski definition) is 1. The molecule has 1 aromatic rings. The summed E-state index contributed by atoms with van der Waals surface area (Å²) in [5.41, 5.74) is -0.352. The van der Waals surface area contributed by atoms with Crippen LogP contribution in [-0.2, 0) is 12.1 Å². The van der Waals surface area contributed by atoms with Gasteiger partial charge in [-0.05, 0) is 24.6 Å². The van der Waals surface area contributed by atoms with E-state index in [1.807, 2.05) is 0 Å². The molecule has 0 aliphatic carbocycles. The highest BCUT2D eigenvalue weighted by molar-refractivity contribution is 6.17. The van der Waals surface area contributed by atoms with Crippen LogP contribution in [0.25, 0.3) is 0 Å². The Labute approximate surface area is 90.8 Å². The van der Waals surface area contributed by atoms with Crippen molar-refractivity contribution in [3.8, 4) is 5.75 Å². The molecule has 0 saturated carbocycles. The molecule has 1 rings (SSSR count). The van der Waals surface area contributed by atoms with Crippen LogP contribution >= 0.6 is 11.6 Å². The van der Waals surface area contributed by atoms with Gasteiger partial charge in [0.25, 0.3) is 0 Å². The van der Waals surface area contributed by atoms with E-state index < -0.39 is 11.7 Å². The third-order valence-corrected chi connectivity index (χ3v) is 2.11. The Morgan fingerprint density at radius 2 is 2.00 bits per heavy atom. The van der Waals surface area contributed by atoms with Gasteiger partial charge in [-0.2, -0.15) is 13.2 Å². The van der Waals surface area contributed by atoms with E-state index in [1.165, 1.54) is 12.1 Å². The highest BCUT2D eigenvalue weighted by Crippen LogP contribution is 2.37. The van der Waals surface area contributed by atoms with E-state index in [0.717, 1.165) is 6.07 Å². The molecule has 0 bridgehead atoms. The van der Waals surface area contributed by atoms with Crippen LogP contribution in [0.1, 0.15) is 18.1 Å². The summed E-state index contributed by atoms with van der Waals surface area (Å²) < 4.78 is 42.6. The van der Waals surface area contributed by atoms with Gasteiger partial charge in [-0.15, -0.1) is 11.6 Å². The summed E-state index contributed by atoms with van der Waals surface area (Å²) in [7, 11) is 0. The van der Waals surface area contributed by atoms with Crippen molar-refractivity contribution >= 4 is 11.6 Å². The van der Waals surface area contributed by atoms with E-state index in [1.54, 1.807) is 6.92 Å². The first kappa shape index (κ1) is 12.2. The Morgan fingerprint density at radius 3 is 2.47 bits per heavy atom. The predicted molar refractivity (Wildman–Crippen MR) is 52.2 cm³/mol. The van der Waals surface area contributed by atoms with E-state index in [4.69, 9.17) is 16.3 Å². The van der Waals surface area contributed by atoms with Gasteiger partial charge in [0.15, 0.2) is 0 Å². The van der Waals surface area contributed by atoms with E-state index in [-0.39, 0.29) is 18.2 Å². The fourth-order valence-electron chi connectivity index (χ4n) is 1.16. The lowest BCUT2D eigenvalue weighted by atomic mass is 10.1. The molecule has 0 radical (unpaired) electrons. The van der Waals surface area contributed by atoms with Gasteiger partial charge in [0.05, 0.1) is 12.2 Å². The summed E-state index contributed by atoms with van der Waals surface area (Å²) in [6.45, 7) is 1.83. The van der Waals surface area contributed by atoms with Crippen LogP contribution in [0.5, 0.6) is 5.75 Å². The Kier molecular flexibility index (Phi) is 3.85. The Hall–Kier alpha value is -0.900. The summed E-state index contributed by atoms with van der Waals surface area (Å²) in [6.07, 6.45) is -4.41. The molecular weight excluding hydrogens is 229 g/mol. The normalized spacial score (nSPS) is 11.5. The van der Waals surface area contributed by atoms with Crippen LogP contribution in [-0.4, -0.2) is 6.61 Å². The highest BCUT2D eigenvalue weighted by atomic mass is 35.5. The molecule has 0 N–H and O–H groups in total. The lowest BCUT2D eigenvalue weighted by Crippen LogP contribution is -2.09. The first-order valence-electron chi connectivity index (χ1n) is 4.38. The first-order valence-corrected chi connectivity index (χ1v) is 4.91. The predicted octanol–water partition coefficient (Wildman–Crippen LogP) is 3.84. The molecule has 0 fully saturated rings. The van der Waals surface area contributed by atoms with Crippen molar-refractivity contribution in [2.45, 2.75) is 19.0 Å². The number of halogens is 4. The SMILES string of the molecule is CCOc1ccc(CCl)cc1C(F)(F)F. The average Bonchev–Trinajstić information content (AvgIpc) is 2.17. The summed E-state index contributed by atoms with van der Waals surface area (Å²) in [4.78, 5) is 0. The molecule has 0 unspecified atom stereocenters. The van der Waals surface area contributed by atoms with Crippen molar-refractivity contribution in [3.05, 3.63) is 29.3 Å². The lowest BCUT2D eigenvalue weighted by molar-refractivity contribution is -0.138. The molecule has 0 aromatic heterocycles. The van der Waals surface area contributed by atoms with Gasteiger partial charge in [-0.3, -0.25) is 0 Å². The molecule has 84 valence electrons. The maximum absolute atomic E-state index is 12.6. The van der Waals surface area contributed by atoms with Gasteiger partial charge < -0.3 is 4.74 Å². The van der Waals surface area contributed by atoms with Crippen molar-refractivity contribution in [2.75, 3.05) is 6.61 Å². The standard InChI is InChI=1S/C10H10ClF3O/c1-2-15-9-4-3-7(6-11)5-8(9)10(12,13)14/h3-5H,2,6H2,1H3. The smallest absolute Gasteiger partial charge is 0.419 e. The third-order valence-electron chi connectivity index (χ3n) is 1.80. The van der Waals surface area contributed by atoms with E-state index in [0.29, 0.717) is 5.56 Å². The minimum atomic E-state index is -4.41. The monoisotopic (exact) mass is 238 g/mol. The minimum absolute atomic E-state index is 0.0511. The third kappa shape index (κ3) is 3.02. The highest BCUT2D eigenvalue weighted by Gasteiger charge is 2.34. The summed E-state index contributed by atoms with van der Waals surface area (Å²) in [6, 6.07) is 3.83. The van der Waals surface area contributed by atoms with Crippen LogP contribution < -0.4 is 4.74 Å². The fraction of sp³-hybridized carbons (Fsp3) is 0.400. The van der Waals surface area contributed by atoms with Crippen LogP contribution in [0.4, 0.5) is 13.2 Å². The Bertz CT molecular complexity index is 336. The first-order chi connectivity index (χ1) is 6.99. The number of benzene rings is 1. The zero-order valence-corrected chi connectivity index (χ0v) is 8.82. The van der Waals surface area contributed by atoms with E-state index in [2.05, 4.69) is 0 Å². The summed E-state index contributed by atoms with van der Waals surface area (Å²) in [5, 5.41) is 0. The molecular formula is C10H10ClF3O. The van der Waals surface area contributed by atoms with Gasteiger partial charge in [0.1, 0.15) is 5.75 Å². The fourth-order valence-corrected chi connectivity index (χ4v) is 1.33. The minimum Gasteiger partial charge on any atom is -0.493 e. The molecule has 0 saturated heterocycles. The number of rotatable bonds is 3. The van der Waals surface area contributed by atoms with Crippen LogP contribution in [0.15, 0.2) is 18.2 Å². The van der Waals surface area contributed by atoms with Crippen molar-refractivity contribution in [2.24, 2.45) is 0 Å². The topological polar surface area (TPSA) is 9.23 Å².